The van der Waals surface area contributed by atoms with E-state index in [-0.39, 0.29) is 11.5 Å². The number of aryl methyl sites for hydroxylation is 2. The molecule has 6 nitrogen and oxygen atoms in total. The van der Waals surface area contributed by atoms with E-state index in [1.165, 1.54) is 0 Å². The van der Waals surface area contributed by atoms with Crippen LogP contribution < -0.4 is 10.9 Å². The van der Waals surface area contributed by atoms with Gasteiger partial charge in [0, 0.05) is 37.3 Å². The third-order valence-electron chi connectivity index (χ3n) is 4.67. The zero-order chi connectivity index (χ0) is 19.4. The molecule has 2 rings (SSSR count). The lowest BCUT2D eigenvalue weighted by Crippen LogP contribution is -2.42. The highest BCUT2D eigenvalue weighted by atomic mass is 16.1. The van der Waals surface area contributed by atoms with Gasteiger partial charge < -0.3 is 9.88 Å². The molecular formula is C20H30N4O2. The third-order valence-corrected chi connectivity index (χ3v) is 4.67. The Bertz CT molecular complexity index is 832. The maximum Gasteiger partial charge on any atom is 0.272 e. The van der Waals surface area contributed by atoms with Crippen LogP contribution in [0.2, 0.25) is 0 Å². The topological polar surface area (TPSA) is 67.2 Å². The van der Waals surface area contributed by atoms with E-state index < -0.39 is 0 Å². The predicted molar refractivity (Wildman–Crippen MR) is 106 cm³/mol. The van der Waals surface area contributed by atoms with Gasteiger partial charge in [0.1, 0.15) is 5.69 Å². The van der Waals surface area contributed by atoms with Crippen molar-refractivity contribution in [1.82, 2.24) is 19.8 Å². The molecule has 1 amide bonds. The van der Waals surface area contributed by atoms with Crippen molar-refractivity contribution in [3.63, 3.8) is 0 Å². The second-order valence-electron chi connectivity index (χ2n) is 7.13. The molecule has 0 aliphatic heterocycles. The fraction of sp³-hybridized carbons (Fsp3) is 0.550. The number of fused-ring (bicyclic) bond motifs is 1. The van der Waals surface area contributed by atoms with Gasteiger partial charge in [0.15, 0.2) is 0 Å². The van der Waals surface area contributed by atoms with Crippen LogP contribution >= 0.6 is 0 Å². The summed E-state index contributed by atoms with van der Waals surface area (Å²) < 4.78 is 1.68. The molecule has 1 aromatic carbocycles. The molecular weight excluding hydrogens is 328 g/mol. The number of nitrogens with one attached hydrogen (secondary N) is 1. The Morgan fingerprint density at radius 3 is 2.46 bits per heavy atom. The van der Waals surface area contributed by atoms with Crippen molar-refractivity contribution in [2.24, 2.45) is 0 Å². The maximum absolute atomic E-state index is 12.5. The van der Waals surface area contributed by atoms with Crippen LogP contribution in [0.5, 0.6) is 0 Å². The second-order valence-corrected chi connectivity index (χ2v) is 7.13. The molecule has 0 saturated heterocycles. The first-order chi connectivity index (χ1) is 12.3. The second kappa shape index (κ2) is 8.45. The summed E-state index contributed by atoms with van der Waals surface area (Å²) in [5.41, 5.74) is 2.35. The Kier molecular flexibility index (Phi) is 6.53. The molecule has 1 heterocycles. The number of aromatic nitrogens is 2. The minimum Gasteiger partial charge on any atom is -0.351 e. The SMILES string of the molecule is CCn1c(=O)c(C)nc2cc(C(=O)NCCN(C(C)C)C(C)C)ccc21. The molecule has 0 aliphatic rings. The fourth-order valence-electron chi connectivity index (χ4n) is 3.34. The van der Waals surface area contributed by atoms with Gasteiger partial charge in [-0.15, -0.1) is 0 Å². The minimum absolute atomic E-state index is 0.0836. The number of nitrogens with zero attached hydrogens (tertiary/aromatic N) is 3. The van der Waals surface area contributed by atoms with Crippen LogP contribution in [-0.2, 0) is 6.54 Å². The van der Waals surface area contributed by atoms with E-state index in [4.69, 9.17) is 0 Å². The van der Waals surface area contributed by atoms with Gasteiger partial charge in [0.2, 0.25) is 0 Å². The van der Waals surface area contributed by atoms with Gasteiger partial charge in [0.05, 0.1) is 11.0 Å². The summed E-state index contributed by atoms with van der Waals surface area (Å²) >= 11 is 0. The molecule has 0 atom stereocenters. The lowest BCUT2D eigenvalue weighted by molar-refractivity contribution is 0.0939. The number of hydrogen-bond acceptors (Lipinski definition) is 4. The van der Waals surface area contributed by atoms with E-state index in [2.05, 4.69) is 42.9 Å². The predicted octanol–water partition coefficient (Wildman–Crippen LogP) is 2.57. The Morgan fingerprint density at radius 2 is 1.88 bits per heavy atom. The van der Waals surface area contributed by atoms with Crippen molar-refractivity contribution in [2.45, 2.75) is 60.2 Å². The molecule has 0 spiro atoms. The first-order valence-electron chi connectivity index (χ1n) is 9.31. The van der Waals surface area contributed by atoms with Crippen molar-refractivity contribution in [3.05, 3.63) is 39.8 Å². The molecule has 6 heteroatoms. The zero-order valence-corrected chi connectivity index (χ0v) is 16.7. The Morgan fingerprint density at radius 1 is 1.23 bits per heavy atom. The van der Waals surface area contributed by atoms with Crippen LogP contribution in [0.1, 0.15) is 50.7 Å². The lowest BCUT2D eigenvalue weighted by atomic mass is 10.1. The lowest BCUT2D eigenvalue weighted by Gasteiger charge is -2.30. The van der Waals surface area contributed by atoms with Gasteiger partial charge in [0.25, 0.3) is 11.5 Å². The van der Waals surface area contributed by atoms with Crippen LogP contribution in [0, 0.1) is 6.92 Å². The summed E-state index contributed by atoms with van der Waals surface area (Å²) in [5, 5.41) is 2.98. The van der Waals surface area contributed by atoms with Crippen LogP contribution in [0.15, 0.2) is 23.0 Å². The van der Waals surface area contributed by atoms with Gasteiger partial charge in [-0.3, -0.25) is 14.5 Å². The molecule has 0 bridgehead atoms. The maximum atomic E-state index is 12.5. The quantitative estimate of drug-likeness (QED) is 0.826. The number of carbonyl (C=O) groups excluding carboxylic acids is 1. The van der Waals surface area contributed by atoms with E-state index in [0.29, 0.717) is 41.9 Å². The van der Waals surface area contributed by atoms with Gasteiger partial charge >= 0.3 is 0 Å². The summed E-state index contributed by atoms with van der Waals surface area (Å²) in [6.45, 7) is 14.2. The highest BCUT2D eigenvalue weighted by molar-refractivity contribution is 5.97. The molecule has 0 saturated carbocycles. The smallest absolute Gasteiger partial charge is 0.272 e. The molecule has 1 N–H and O–H groups in total. The first-order valence-corrected chi connectivity index (χ1v) is 9.31. The molecule has 0 unspecified atom stereocenters. The normalized spacial score (nSPS) is 11.7. The molecule has 26 heavy (non-hydrogen) atoms. The van der Waals surface area contributed by atoms with Crippen molar-refractivity contribution in [2.75, 3.05) is 13.1 Å². The number of amides is 1. The van der Waals surface area contributed by atoms with E-state index in [0.717, 1.165) is 12.1 Å². The highest BCUT2D eigenvalue weighted by Gasteiger charge is 2.14. The van der Waals surface area contributed by atoms with E-state index >= 15 is 0 Å². The van der Waals surface area contributed by atoms with Crippen LogP contribution in [-0.4, -0.2) is 45.5 Å². The van der Waals surface area contributed by atoms with Crippen LogP contribution in [0.4, 0.5) is 0 Å². The number of benzene rings is 1. The van der Waals surface area contributed by atoms with Gasteiger partial charge in [-0.2, -0.15) is 0 Å². The Hall–Kier alpha value is -2.21. The third kappa shape index (κ3) is 4.30. The standard InChI is InChI=1S/C20H30N4O2/c1-7-23-18-9-8-16(12-17(18)22-15(6)20(23)26)19(25)21-10-11-24(13(2)3)14(4)5/h8-9,12-14H,7,10-11H2,1-6H3,(H,21,25). The van der Waals surface area contributed by atoms with Crippen LogP contribution in [0.3, 0.4) is 0 Å². The van der Waals surface area contributed by atoms with Crippen molar-refractivity contribution < 1.29 is 4.79 Å². The zero-order valence-electron chi connectivity index (χ0n) is 16.7. The van der Waals surface area contributed by atoms with Crippen molar-refractivity contribution in [1.29, 1.82) is 0 Å². The van der Waals surface area contributed by atoms with Gasteiger partial charge in [-0.05, 0) is 59.7 Å². The molecule has 1 aromatic heterocycles. The van der Waals surface area contributed by atoms with Gasteiger partial charge in [-0.25, -0.2) is 4.98 Å². The molecule has 0 aliphatic carbocycles. The monoisotopic (exact) mass is 358 g/mol. The fourth-order valence-corrected chi connectivity index (χ4v) is 3.34. The Labute approximate surface area is 155 Å². The summed E-state index contributed by atoms with van der Waals surface area (Å²) in [6, 6.07) is 6.18. The van der Waals surface area contributed by atoms with Crippen LogP contribution in [0.25, 0.3) is 11.0 Å². The minimum atomic E-state index is -0.118. The highest BCUT2D eigenvalue weighted by Crippen LogP contribution is 2.13. The number of hydrogen-bond donors (Lipinski definition) is 1. The summed E-state index contributed by atoms with van der Waals surface area (Å²) in [6.07, 6.45) is 0. The largest absolute Gasteiger partial charge is 0.351 e. The average Bonchev–Trinajstić information content (AvgIpc) is 2.58. The molecule has 0 radical (unpaired) electrons. The molecule has 2 aromatic rings. The Balaban J connectivity index is 2.16. The molecule has 142 valence electrons. The number of rotatable bonds is 7. The number of carbonyl (C=O) groups is 1. The molecule has 0 fully saturated rings. The van der Waals surface area contributed by atoms with Crippen molar-refractivity contribution >= 4 is 16.9 Å². The summed E-state index contributed by atoms with van der Waals surface area (Å²) in [4.78, 5) is 31.4. The summed E-state index contributed by atoms with van der Waals surface area (Å²) in [5.74, 6) is -0.118. The summed E-state index contributed by atoms with van der Waals surface area (Å²) in [7, 11) is 0. The first kappa shape index (κ1) is 20.1. The van der Waals surface area contributed by atoms with E-state index in [9.17, 15) is 9.59 Å². The van der Waals surface area contributed by atoms with Crippen molar-refractivity contribution in [3.8, 4) is 0 Å². The van der Waals surface area contributed by atoms with E-state index in [1.54, 1.807) is 29.7 Å². The van der Waals surface area contributed by atoms with E-state index in [1.807, 2.05) is 6.92 Å². The van der Waals surface area contributed by atoms with Gasteiger partial charge in [-0.1, -0.05) is 0 Å². The average molecular weight is 358 g/mol.